The highest BCUT2D eigenvalue weighted by atomic mass is 32.2. The number of carbonyl (C=O) groups excluding carboxylic acids is 1. The summed E-state index contributed by atoms with van der Waals surface area (Å²) in [5.41, 5.74) is 10.4. The molecule has 0 aliphatic carbocycles. The van der Waals surface area contributed by atoms with E-state index in [1.807, 2.05) is 24.3 Å². The van der Waals surface area contributed by atoms with Crippen LogP contribution in [0.4, 0.5) is 0 Å². The summed E-state index contributed by atoms with van der Waals surface area (Å²) >= 11 is 0. The van der Waals surface area contributed by atoms with Crippen LogP contribution in [-0.4, -0.2) is 25.1 Å². The van der Waals surface area contributed by atoms with Gasteiger partial charge in [0.05, 0.1) is 10.4 Å². The Hall–Kier alpha value is -3.12. The lowest BCUT2D eigenvalue weighted by Crippen LogP contribution is -2.11. The third-order valence-corrected chi connectivity index (χ3v) is 6.86. The number of aryl methyl sites for hydroxylation is 1. The first kappa shape index (κ1) is 21.1. The van der Waals surface area contributed by atoms with Crippen molar-refractivity contribution in [3.8, 4) is 0 Å². The number of benzene rings is 3. The van der Waals surface area contributed by atoms with Crippen molar-refractivity contribution in [2.24, 2.45) is 5.73 Å². The number of fused-ring (bicyclic) bond motifs is 3. The summed E-state index contributed by atoms with van der Waals surface area (Å²) in [5.74, 6) is -0.447. The number of unbranched alkanes of at least 4 members (excludes halogenated alkanes) is 1. The van der Waals surface area contributed by atoms with Crippen LogP contribution >= 0.6 is 0 Å². The van der Waals surface area contributed by atoms with E-state index in [4.69, 9.17) is 5.73 Å². The number of carbonyl (C=O) groups is 1. The largest absolute Gasteiger partial charge is 0.366 e. The van der Waals surface area contributed by atoms with Crippen LogP contribution in [0.2, 0.25) is 0 Å². The molecule has 1 aromatic heterocycles. The fourth-order valence-corrected chi connectivity index (χ4v) is 4.76. The smallest absolute Gasteiger partial charge is 0.249 e. The number of sulfone groups is 1. The molecule has 4 rings (SSSR count). The van der Waals surface area contributed by atoms with Gasteiger partial charge in [0.15, 0.2) is 9.84 Å². The van der Waals surface area contributed by atoms with E-state index < -0.39 is 15.7 Å². The molecular formula is C25H26N2O3S. The highest BCUT2D eigenvalue weighted by Gasteiger charge is 2.17. The number of aromatic nitrogens is 1. The number of hydrogen-bond donors (Lipinski definition) is 1. The van der Waals surface area contributed by atoms with Crippen LogP contribution in [0.3, 0.4) is 0 Å². The zero-order valence-electron chi connectivity index (χ0n) is 17.8. The van der Waals surface area contributed by atoms with Gasteiger partial charge in [0.25, 0.3) is 0 Å². The third kappa shape index (κ3) is 4.08. The Morgan fingerprint density at radius 2 is 1.68 bits per heavy atom. The van der Waals surface area contributed by atoms with Crippen LogP contribution in [0.15, 0.2) is 65.6 Å². The molecule has 1 heterocycles. The van der Waals surface area contributed by atoms with Crippen molar-refractivity contribution < 1.29 is 13.2 Å². The minimum atomic E-state index is -3.24. The Balaban J connectivity index is 1.90. The summed E-state index contributed by atoms with van der Waals surface area (Å²) in [7, 11) is -3.24. The molecule has 0 atom stereocenters. The highest BCUT2D eigenvalue weighted by molar-refractivity contribution is 7.90. The Morgan fingerprint density at radius 1 is 0.968 bits per heavy atom. The van der Waals surface area contributed by atoms with Gasteiger partial charge in [-0.05, 0) is 54.3 Å². The quantitative estimate of drug-likeness (QED) is 0.458. The monoisotopic (exact) mass is 434 g/mol. The summed E-state index contributed by atoms with van der Waals surface area (Å²) in [6.07, 6.45) is 4.45. The van der Waals surface area contributed by atoms with E-state index in [0.717, 1.165) is 46.6 Å². The van der Waals surface area contributed by atoms with E-state index in [9.17, 15) is 13.2 Å². The van der Waals surface area contributed by atoms with E-state index in [1.54, 1.807) is 18.2 Å². The van der Waals surface area contributed by atoms with E-state index in [-0.39, 0.29) is 0 Å². The van der Waals surface area contributed by atoms with Crippen LogP contribution < -0.4 is 5.73 Å². The summed E-state index contributed by atoms with van der Waals surface area (Å²) in [5, 5.41) is 1.86. The molecule has 0 bridgehead atoms. The average molecular weight is 435 g/mol. The fraction of sp³-hybridized carbons (Fsp3) is 0.240. The lowest BCUT2D eigenvalue weighted by molar-refractivity contribution is 0.100. The predicted octanol–water partition coefficient (Wildman–Crippen LogP) is 4.69. The van der Waals surface area contributed by atoms with E-state index in [1.165, 1.54) is 11.8 Å². The van der Waals surface area contributed by atoms with Crippen molar-refractivity contribution in [3.05, 3.63) is 77.4 Å². The van der Waals surface area contributed by atoms with Gasteiger partial charge < -0.3 is 10.3 Å². The molecular weight excluding hydrogens is 408 g/mol. The molecule has 0 unspecified atom stereocenters. The molecule has 0 saturated carbocycles. The molecule has 0 saturated heterocycles. The summed E-state index contributed by atoms with van der Waals surface area (Å²) in [6, 6.07) is 19.0. The molecule has 31 heavy (non-hydrogen) atoms. The molecule has 2 N–H and O–H groups in total. The molecule has 3 aromatic carbocycles. The Labute approximate surface area is 182 Å². The van der Waals surface area contributed by atoms with Crippen molar-refractivity contribution in [3.63, 3.8) is 0 Å². The van der Waals surface area contributed by atoms with Crippen LogP contribution in [0.25, 0.3) is 21.8 Å². The van der Waals surface area contributed by atoms with Gasteiger partial charge in [0.1, 0.15) is 0 Å². The van der Waals surface area contributed by atoms with Gasteiger partial charge in [0.2, 0.25) is 5.91 Å². The zero-order valence-corrected chi connectivity index (χ0v) is 18.6. The van der Waals surface area contributed by atoms with Crippen LogP contribution in [-0.2, 0) is 22.8 Å². The van der Waals surface area contributed by atoms with Gasteiger partial charge in [-0.2, -0.15) is 0 Å². The SMILES string of the molecule is CCCCc1ccc2c3c(C(N)=O)cccc3n(Cc3ccc(S(C)(=O)=O)cc3)c2c1. The average Bonchev–Trinajstić information content (AvgIpc) is 3.05. The lowest BCUT2D eigenvalue weighted by atomic mass is 10.0. The molecule has 6 heteroatoms. The van der Waals surface area contributed by atoms with Gasteiger partial charge in [0, 0.05) is 34.7 Å². The van der Waals surface area contributed by atoms with Gasteiger partial charge in [-0.3, -0.25) is 4.79 Å². The Morgan fingerprint density at radius 3 is 2.32 bits per heavy atom. The zero-order chi connectivity index (χ0) is 22.2. The Bertz CT molecular complexity index is 1380. The predicted molar refractivity (Wildman–Crippen MR) is 125 cm³/mol. The van der Waals surface area contributed by atoms with Crippen molar-refractivity contribution in [1.29, 1.82) is 0 Å². The number of amides is 1. The molecule has 0 radical (unpaired) electrons. The maximum atomic E-state index is 12.1. The molecule has 1 amide bonds. The van der Waals surface area contributed by atoms with E-state index in [2.05, 4.69) is 29.7 Å². The lowest BCUT2D eigenvalue weighted by Gasteiger charge is -2.10. The number of nitrogens with two attached hydrogens (primary N) is 1. The van der Waals surface area contributed by atoms with Crippen molar-refractivity contribution in [2.75, 3.05) is 6.26 Å². The maximum Gasteiger partial charge on any atom is 0.249 e. The van der Waals surface area contributed by atoms with Gasteiger partial charge in [-0.1, -0.05) is 43.7 Å². The number of rotatable bonds is 7. The first-order valence-corrected chi connectivity index (χ1v) is 12.3. The van der Waals surface area contributed by atoms with Gasteiger partial charge >= 0.3 is 0 Å². The van der Waals surface area contributed by atoms with Crippen LogP contribution in [0, 0.1) is 0 Å². The number of nitrogens with zero attached hydrogens (tertiary/aromatic N) is 1. The van der Waals surface area contributed by atoms with Crippen molar-refractivity contribution in [2.45, 2.75) is 37.6 Å². The van der Waals surface area contributed by atoms with Crippen molar-refractivity contribution >= 4 is 37.6 Å². The summed E-state index contributed by atoms with van der Waals surface area (Å²) in [4.78, 5) is 12.4. The summed E-state index contributed by atoms with van der Waals surface area (Å²) < 4.78 is 25.8. The number of primary amides is 1. The first-order chi connectivity index (χ1) is 14.8. The second-order valence-electron chi connectivity index (χ2n) is 8.02. The number of hydrogen-bond acceptors (Lipinski definition) is 3. The molecule has 4 aromatic rings. The fourth-order valence-electron chi connectivity index (χ4n) is 4.13. The standard InChI is InChI=1S/C25H26N2O3S/c1-3-4-6-17-11-14-20-23(15-17)27(22-8-5-7-21(24(20)22)25(26)28)16-18-9-12-19(13-10-18)31(2,29)30/h5,7-15H,3-4,6,16H2,1-2H3,(H2,26,28). The molecule has 0 spiro atoms. The molecule has 5 nitrogen and oxygen atoms in total. The minimum Gasteiger partial charge on any atom is -0.366 e. The molecule has 160 valence electrons. The molecule has 0 fully saturated rings. The van der Waals surface area contributed by atoms with E-state index >= 15 is 0 Å². The van der Waals surface area contributed by atoms with Crippen LogP contribution in [0.5, 0.6) is 0 Å². The normalized spacial score (nSPS) is 11.9. The summed E-state index contributed by atoms with van der Waals surface area (Å²) in [6.45, 7) is 2.73. The first-order valence-electron chi connectivity index (χ1n) is 10.4. The van der Waals surface area contributed by atoms with Crippen LogP contribution in [0.1, 0.15) is 41.3 Å². The second-order valence-corrected chi connectivity index (χ2v) is 10.0. The topological polar surface area (TPSA) is 82.2 Å². The highest BCUT2D eigenvalue weighted by Crippen LogP contribution is 2.33. The Kier molecular flexibility index (Phi) is 5.58. The van der Waals surface area contributed by atoms with Crippen molar-refractivity contribution in [1.82, 2.24) is 4.57 Å². The minimum absolute atomic E-state index is 0.302. The van der Waals surface area contributed by atoms with Gasteiger partial charge in [-0.25, -0.2) is 8.42 Å². The van der Waals surface area contributed by atoms with Gasteiger partial charge in [-0.15, -0.1) is 0 Å². The second kappa shape index (κ2) is 8.19. The third-order valence-electron chi connectivity index (χ3n) is 5.73. The maximum absolute atomic E-state index is 12.1. The van der Waals surface area contributed by atoms with E-state index in [0.29, 0.717) is 17.0 Å². The molecule has 0 aliphatic heterocycles. The molecule has 0 aliphatic rings.